The molecule has 2 heterocycles. The maximum Gasteiger partial charge on any atom is 0.266 e. The van der Waals surface area contributed by atoms with Crippen LogP contribution in [-0.4, -0.2) is 22.3 Å². The molecule has 6 heteroatoms. The summed E-state index contributed by atoms with van der Waals surface area (Å²) in [6, 6.07) is 3.85. The maximum absolute atomic E-state index is 12.8. The summed E-state index contributed by atoms with van der Waals surface area (Å²) in [7, 11) is 0. The second kappa shape index (κ2) is 6.69. The van der Waals surface area contributed by atoms with Crippen molar-refractivity contribution in [2.75, 3.05) is 6.54 Å². The first-order valence-corrected chi connectivity index (χ1v) is 9.25. The van der Waals surface area contributed by atoms with E-state index < -0.39 is 0 Å². The summed E-state index contributed by atoms with van der Waals surface area (Å²) < 4.78 is 0.752. The Morgan fingerprint density at radius 3 is 2.45 bits per heavy atom. The van der Waals surface area contributed by atoms with Crippen molar-refractivity contribution in [1.82, 2.24) is 9.88 Å². The number of amides is 1. The molecule has 0 aromatic carbocycles. The number of hydrogen-bond donors (Lipinski definition) is 0. The highest BCUT2D eigenvalue weighted by molar-refractivity contribution is 7.16. The molecule has 2 aromatic heterocycles. The number of thiazole rings is 1. The lowest BCUT2D eigenvalue weighted by atomic mass is 9.98. The minimum Gasteiger partial charge on any atom is -0.333 e. The maximum atomic E-state index is 12.8. The zero-order valence-corrected chi connectivity index (χ0v) is 16.0. The van der Waals surface area contributed by atoms with E-state index in [2.05, 4.69) is 25.8 Å². The molecule has 2 aromatic rings. The molecular weight excluding hydrogens is 336 g/mol. The van der Waals surface area contributed by atoms with Crippen LogP contribution in [0.25, 0.3) is 0 Å². The second-order valence-electron chi connectivity index (χ2n) is 6.21. The normalized spacial score (nSPS) is 11.7. The lowest BCUT2D eigenvalue weighted by molar-refractivity contribution is 0.0758. The van der Waals surface area contributed by atoms with Gasteiger partial charge in [-0.25, -0.2) is 4.98 Å². The molecule has 0 spiro atoms. The number of thiophene rings is 1. The SMILES string of the molecule is CCN(Cc1ccc(Cl)s1)C(=O)c1sc(C(C)(C)C)nc1C. The molecule has 0 aliphatic heterocycles. The Morgan fingerprint density at radius 2 is 2.00 bits per heavy atom. The Kier molecular flexibility index (Phi) is 5.30. The van der Waals surface area contributed by atoms with E-state index in [0.29, 0.717) is 13.1 Å². The largest absolute Gasteiger partial charge is 0.333 e. The number of hydrogen-bond acceptors (Lipinski definition) is 4. The zero-order chi connectivity index (χ0) is 16.5. The van der Waals surface area contributed by atoms with E-state index in [4.69, 9.17) is 11.6 Å². The van der Waals surface area contributed by atoms with Gasteiger partial charge in [-0.2, -0.15) is 0 Å². The molecule has 0 bridgehead atoms. The summed E-state index contributed by atoms with van der Waals surface area (Å²) in [5.74, 6) is 0.0533. The van der Waals surface area contributed by atoms with Crippen molar-refractivity contribution < 1.29 is 4.79 Å². The third-order valence-electron chi connectivity index (χ3n) is 3.28. The van der Waals surface area contributed by atoms with Gasteiger partial charge in [0.15, 0.2) is 0 Å². The van der Waals surface area contributed by atoms with E-state index in [-0.39, 0.29) is 11.3 Å². The van der Waals surface area contributed by atoms with Crippen LogP contribution >= 0.6 is 34.3 Å². The quantitative estimate of drug-likeness (QED) is 0.761. The van der Waals surface area contributed by atoms with Gasteiger partial charge in [0.05, 0.1) is 21.6 Å². The van der Waals surface area contributed by atoms with Gasteiger partial charge in [-0.3, -0.25) is 4.79 Å². The molecule has 3 nitrogen and oxygen atoms in total. The van der Waals surface area contributed by atoms with E-state index in [0.717, 1.165) is 24.8 Å². The van der Waals surface area contributed by atoms with Gasteiger partial charge >= 0.3 is 0 Å². The van der Waals surface area contributed by atoms with E-state index in [1.807, 2.05) is 30.9 Å². The monoisotopic (exact) mass is 356 g/mol. The zero-order valence-electron chi connectivity index (χ0n) is 13.6. The van der Waals surface area contributed by atoms with Gasteiger partial charge in [0.25, 0.3) is 5.91 Å². The minimum atomic E-state index is -0.0354. The standard InChI is InChI=1S/C16H21ClN2OS2/c1-6-19(9-11-7-8-12(17)21-11)14(20)13-10(2)18-15(22-13)16(3,4)5/h7-8H,6,9H2,1-5H3. The van der Waals surface area contributed by atoms with Gasteiger partial charge in [-0.1, -0.05) is 32.4 Å². The Balaban J connectivity index is 2.23. The Labute approximate surface area is 144 Å². The molecule has 22 heavy (non-hydrogen) atoms. The van der Waals surface area contributed by atoms with Crippen LogP contribution in [0.4, 0.5) is 0 Å². The van der Waals surface area contributed by atoms with Gasteiger partial charge in [0, 0.05) is 16.8 Å². The number of rotatable bonds is 4. The fourth-order valence-corrected chi connectivity index (χ4v) is 4.21. The Hall–Kier alpha value is -0.910. The predicted octanol–water partition coefficient (Wildman–Crippen LogP) is 5.13. The molecule has 0 saturated carbocycles. The molecule has 2 rings (SSSR count). The second-order valence-corrected chi connectivity index (χ2v) is 9.01. The molecule has 120 valence electrons. The van der Waals surface area contributed by atoms with Crippen molar-refractivity contribution in [2.45, 2.75) is 46.6 Å². The van der Waals surface area contributed by atoms with E-state index in [1.54, 1.807) is 0 Å². The van der Waals surface area contributed by atoms with Crippen molar-refractivity contribution in [3.63, 3.8) is 0 Å². The first-order valence-electron chi connectivity index (χ1n) is 7.23. The molecule has 0 saturated heterocycles. The van der Waals surface area contributed by atoms with E-state index >= 15 is 0 Å². The molecular formula is C16H21ClN2OS2. The van der Waals surface area contributed by atoms with Gasteiger partial charge in [0.1, 0.15) is 4.88 Å². The van der Waals surface area contributed by atoms with Crippen molar-refractivity contribution in [2.24, 2.45) is 0 Å². The third kappa shape index (κ3) is 3.89. The van der Waals surface area contributed by atoms with Crippen molar-refractivity contribution >= 4 is 40.2 Å². The van der Waals surface area contributed by atoms with Gasteiger partial charge in [-0.05, 0) is 26.0 Å². The molecule has 0 aliphatic rings. The fourth-order valence-electron chi connectivity index (χ4n) is 2.01. The van der Waals surface area contributed by atoms with Crippen LogP contribution in [0.2, 0.25) is 4.34 Å². The van der Waals surface area contributed by atoms with Gasteiger partial charge in [0.2, 0.25) is 0 Å². The number of aromatic nitrogens is 1. The molecule has 1 amide bonds. The number of nitrogens with zero attached hydrogens (tertiary/aromatic N) is 2. The smallest absolute Gasteiger partial charge is 0.266 e. The first kappa shape index (κ1) is 17.4. The van der Waals surface area contributed by atoms with Crippen LogP contribution in [0.5, 0.6) is 0 Å². The number of aryl methyl sites for hydroxylation is 1. The highest BCUT2D eigenvalue weighted by Gasteiger charge is 2.25. The minimum absolute atomic E-state index is 0.0354. The van der Waals surface area contributed by atoms with Crippen molar-refractivity contribution in [3.05, 3.63) is 36.9 Å². The summed E-state index contributed by atoms with van der Waals surface area (Å²) in [4.78, 5) is 21.1. The highest BCUT2D eigenvalue weighted by Crippen LogP contribution is 2.30. The van der Waals surface area contributed by atoms with Crippen LogP contribution in [0.1, 0.15) is 52.9 Å². The molecule has 0 unspecified atom stereocenters. The lowest BCUT2D eigenvalue weighted by Gasteiger charge is -2.19. The van der Waals surface area contributed by atoms with Crippen LogP contribution in [-0.2, 0) is 12.0 Å². The highest BCUT2D eigenvalue weighted by atomic mass is 35.5. The summed E-state index contributed by atoms with van der Waals surface area (Å²) in [6.07, 6.45) is 0. The first-order chi connectivity index (χ1) is 10.2. The van der Waals surface area contributed by atoms with E-state index in [1.165, 1.54) is 22.7 Å². The Bertz CT molecular complexity index is 670. The van der Waals surface area contributed by atoms with Gasteiger partial charge in [-0.15, -0.1) is 22.7 Å². The average molecular weight is 357 g/mol. The molecule has 0 N–H and O–H groups in total. The van der Waals surface area contributed by atoms with Crippen LogP contribution < -0.4 is 0 Å². The summed E-state index contributed by atoms with van der Waals surface area (Å²) in [5.41, 5.74) is 0.786. The number of halogens is 1. The summed E-state index contributed by atoms with van der Waals surface area (Å²) in [5, 5.41) is 1.00. The van der Waals surface area contributed by atoms with Crippen molar-refractivity contribution in [1.29, 1.82) is 0 Å². The third-order valence-corrected chi connectivity index (χ3v) is 6.06. The molecule has 0 radical (unpaired) electrons. The number of carbonyl (C=O) groups is 1. The summed E-state index contributed by atoms with van der Waals surface area (Å²) in [6.45, 7) is 11.5. The topological polar surface area (TPSA) is 33.2 Å². The lowest BCUT2D eigenvalue weighted by Crippen LogP contribution is -2.29. The molecule has 0 fully saturated rings. The van der Waals surface area contributed by atoms with Gasteiger partial charge < -0.3 is 4.90 Å². The van der Waals surface area contributed by atoms with Crippen molar-refractivity contribution in [3.8, 4) is 0 Å². The molecule has 0 aliphatic carbocycles. The summed E-state index contributed by atoms with van der Waals surface area (Å²) >= 11 is 9.00. The number of carbonyl (C=O) groups excluding carboxylic acids is 1. The van der Waals surface area contributed by atoms with Crippen LogP contribution in [0.15, 0.2) is 12.1 Å². The predicted molar refractivity (Wildman–Crippen MR) is 95.3 cm³/mol. The Morgan fingerprint density at radius 1 is 1.32 bits per heavy atom. The fraction of sp³-hybridized carbons (Fsp3) is 0.500. The van der Waals surface area contributed by atoms with Crippen LogP contribution in [0, 0.1) is 6.92 Å². The molecule has 0 atom stereocenters. The average Bonchev–Trinajstić information content (AvgIpc) is 3.01. The van der Waals surface area contributed by atoms with E-state index in [9.17, 15) is 4.79 Å². The van der Waals surface area contributed by atoms with Crippen LogP contribution in [0.3, 0.4) is 0 Å².